The number of rotatable bonds is 9. The summed E-state index contributed by atoms with van der Waals surface area (Å²) in [5.41, 5.74) is 1.23. The molecule has 0 aromatic heterocycles. The number of nitrogens with one attached hydrogen (secondary N) is 1. The van der Waals surface area contributed by atoms with Crippen LogP contribution >= 0.6 is 35.0 Å². The van der Waals surface area contributed by atoms with Crippen LogP contribution in [-0.2, 0) is 11.3 Å². The Hall–Kier alpha value is -0.280. The average molecular weight is 471 g/mol. The minimum atomic E-state index is 0. The lowest BCUT2D eigenvalue weighted by atomic mass is 10.2. The molecule has 1 N–H and O–H groups in total. The fourth-order valence-electron chi connectivity index (χ4n) is 2.67. The van der Waals surface area contributed by atoms with Crippen molar-refractivity contribution in [1.82, 2.24) is 10.2 Å². The highest BCUT2D eigenvalue weighted by Crippen LogP contribution is 2.33. The maximum Gasteiger partial charge on any atom is 0.174 e. The fraction of sp³-hybridized carbons (Fsp3) is 0.647. The van der Waals surface area contributed by atoms with Crippen molar-refractivity contribution in [2.45, 2.75) is 19.9 Å². The van der Waals surface area contributed by atoms with Gasteiger partial charge in [0.25, 0.3) is 0 Å². The van der Waals surface area contributed by atoms with Crippen LogP contribution in [0.15, 0.2) is 12.1 Å². The molecular weight excluding hydrogens is 443 g/mol. The summed E-state index contributed by atoms with van der Waals surface area (Å²) in [4.78, 5) is 2.47. The molecule has 24 heavy (non-hydrogen) atoms. The van der Waals surface area contributed by atoms with E-state index in [-0.39, 0.29) is 12.4 Å². The van der Waals surface area contributed by atoms with Crippen LogP contribution in [0.2, 0.25) is 0 Å². The zero-order chi connectivity index (χ0) is 16.5. The van der Waals surface area contributed by atoms with Gasteiger partial charge >= 0.3 is 0 Å². The molecule has 1 aliphatic rings. The molecule has 0 spiro atoms. The van der Waals surface area contributed by atoms with Gasteiger partial charge in [0.05, 0.1) is 30.5 Å². The van der Waals surface area contributed by atoms with Gasteiger partial charge < -0.3 is 19.5 Å². The standard InChI is InChI=1S/C17H27IN2O3.ClH/c1-3-23-16-12-14(11-15(18)17(16)21-2)13-19-5-4-6-20-7-9-22-10-8-20;/h11-12,19H,3-10,13H2,1-2H3;1H. The van der Waals surface area contributed by atoms with Gasteiger partial charge in [0, 0.05) is 19.6 Å². The maximum absolute atomic E-state index is 5.68. The van der Waals surface area contributed by atoms with E-state index >= 15 is 0 Å². The average Bonchev–Trinajstić information content (AvgIpc) is 2.56. The highest BCUT2D eigenvalue weighted by molar-refractivity contribution is 14.1. The van der Waals surface area contributed by atoms with E-state index in [1.165, 1.54) is 5.56 Å². The first kappa shape index (κ1) is 21.8. The number of hydrogen-bond donors (Lipinski definition) is 1. The molecule has 7 heteroatoms. The molecule has 2 rings (SSSR count). The van der Waals surface area contributed by atoms with Gasteiger partial charge in [-0.15, -0.1) is 12.4 Å². The smallest absolute Gasteiger partial charge is 0.174 e. The first-order chi connectivity index (χ1) is 11.2. The number of nitrogens with zero attached hydrogens (tertiary/aromatic N) is 1. The lowest BCUT2D eigenvalue weighted by molar-refractivity contribution is 0.0374. The number of benzene rings is 1. The van der Waals surface area contributed by atoms with Gasteiger partial charge in [-0.05, 0) is 66.7 Å². The molecule has 1 heterocycles. The summed E-state index contributed by atoms with van der Waals surface area (Å²) in [5.74, 6) is 1.65. The Bertz CT molecular complexity index is 485. The molecular formula is C17H28ClIN2O3. The maximum atomic E-state index is 5.68. The van der Waals surface area contributed by atoms with Crippen molar-refractivity contribution in [3.8, 4) is 11.5 Å². The summed E-state index contributed by atoms with van der Waals surface area (Å²) in [6, 6.07) is 4.22. The molecule has 0 aliphatic carbocycles. The Morgan fingerprint density at radius 3 is 2.71 bits per heavy atom. The van der Waals surface area contributed by atoms with E-state index in [0.717, 1.165) is 67.4 Å². The van der Waals surface area contributed by atoms with Crippen molar-refractivity contribution < 1.29 is 14.2 Å². The molecule has 1 aromatic rings. The number of halogens is 2. The third-order valence-electron chi connectivity index (χ3n) is 3.83. The lowest BCUT2D eigenvalue weighted by Crippen LogP contribution is -2.37. The Morgan fingerprint density at radius 2 is 2.04 bits per heavy atom. The minimum Gasteiger partial charge on any atom is -0.492 e. The van der Waals surface area contributed by atoms with Crippen LogP contribution in [0.25, 0.3) is 0 Å². The van der Waals surface area contributed by atoms with E-state index in [0.29, 0.717) is 6.61 Å². The van der Waals surface area contributed by atoms with Gasteiger partial charge in [-0.3, -0.25) is 4.90 Å². The quantitative estimate of drug-likeness (QED) is 0.444. The molecule has 0 bridgehead atoms. The highest BCUT2D eigenvalue weighted by atomic mass is 127. The topological polar surface area (TPSA) is 43.0 Å². The summed E-state index contributed by atoms with van der Waals surface area (Å²) in [5, 5.41) is 3.52. The first-order valence-corrected chi connectivity index (χ1v) is 9.32. The van der Waals surface area contributed by atoms with Gasteiger partial charge in [0.15, 0.2) is 11.5 Å². The van der Waals surface area contributed by atoms with Crippen molar-refractivity contribution in [1.29, 1.82) is 0 Å². The van der Waals surface area contributed by atoms with Crippen LogP contribution in [0.1, 0.15) is 18.9 Å². The van der Waals surface area contributed by atoms with E-state index < -0.39 is 0 Å². The number of morpholine rings is 1. The summed E-state index contributed by atoms with van der Waals surface area (Å²) in [6.07, 6.45) is 1.16. The summed E-state index contributed by atoms with van der Waals surface area (Å²) < 4.78 is 17.6. The van der Waals surface area contributed by atoms with Crippen LogP contribution in [0.5, 0.6) is 11.5 Å². The molecule has 1 fully saturated rings. The van der Waals surface area contributed by atoms with E-state index in [9.17, 15) is 0 Å². The Labute approximate surface area is 165 Å². The number of hydrogen-bond acceptors (Lipinski definition) is 5. The molecule has 0 atom stereocenters. The molecule has 1 aromatic carbocycles. The Balaban J connectivity index is 0.00000288. The Morgan fingerprint density at radius 1 is 1.29 bits per heavy atom. The molecule has 0 saturated carbocycles. The third kappa shape index (κ3) is 6.92. The fourth-order valence-corrected chi connectivity index (χ4v) is 3.56. The van der Waals surface area contributed by atoms with E-state index in [1.54, 1.807) is 7.11 Å². The van der Waals surface area contributed by atoms with Crippen molar-refractivity contribution in [2.75, 3.05) is 53.1 Å². The summed E-state index contributed by atoms with van der Waals surface area (Å²) in [6.45, 7) is 9.51. The van der Waals surface area contributed by atoms with E-state index in [1.807, 2.05) is 6.92 Å². The Kier molecular flexibility index (Phi) is 11.0. The van der Waals surface area contributed by atoms with Gasteiger partial charge in [-0.2, -0.15) is 0 Å². The first-order valence-electron chi connectivity index (χ1n) is 8.24. The second-order valence-electron chi connectivity index (χ2n) is 5.53. The summed E-state index contributed by atoms with van der Waals surface area (Å²) in [7, 11) is 1.68. The van der Waals surface area contributed by atoms with Gasteiger partial charge in [-0.25, -0.2) is 0 Å². The molecule has 5 nitrogen and oxygen atoms in total. The van der Waals surface area contributed by atoms with E-state index in [4.69, 9.17) is 14.2 Å². The molecule has 0 unspecified atom stereocenters. The van der Waals surface area contributed by atoms with Crippen molar-refractivity contribution in [3.05, 3.63) is 21.3 Å². The predicted octanol–water partition coefficient (Wildman–Crippen LogP) is 2.93. The second kappa shape index (κ2) is 12.1. The number of ether oxygens (including phenoxy) is 3. The van der Waals surface area contributed by atoms with Crippen LogP contribution < -0.4 is 14.8 Å². The molecule has 1 saturated heterocycles. The second-order valence-corrected chi connectivity index (χ2v) is 6.69. The predicted molar refractivity (Wildman–Crippen MR) is 108 cm³/mol. The largest absolute Gasteiger partial charge is 0.492 e. The van der Waals surface area contributed by atoms with E-state index in [2.05, 4.69) is 44.9 Å². The molecule has 1 aliphatic heterocycles. The van der Waals surface area contributed by atoms with Gasteiger partial charge in [0.1, 0.15) is 0 Å². The van der Waals surface area contributed by atoms with Crippen molar-refractivity contribution in [2.24, 2.45) is 0 Å². The van der Waals surface area contributed by atoms with Crippen LogP contribution in [0, 0.1) is 3.57 Å². The zero-order valence-corrected chi connectivity index (χ0v) is 17.5. The van der Waals surface area contributed by atoms with Crippen LogP contribution in [-0.4, -0.2) is 58.0 Å². The molecule has 0 amide bonds. The number of methoxy groups -OCH3 is 1. The van der Waals surface area contributed by atoms with Crippen LogP contribution in [0.4, 0.5) is 0 Å². The van der Waals surface area contributed by atoms with Gasteiger partial charge in [-0.1, -0.05) is 0 Å². The lowest BCUT2D eigenvalue weighted by Gasteiger charge is -2.26. The van der Waals surface area contributed by atoms with Crippen molar-refractivity contribution in [3.63, 3.8) is 0 Å². The molecule has 138 valence electrons. The van der Waals surface area contributed by atoms with Crippen LogP contribution in [0.3, 0.4) is 0 Å². The minimum absolute atomic E-state index is 0. The van der Waals surface area contributed by atoms with Crippen molar-refractivity contribution >= 4 is 35.0 Å². The third-order valence-corrected chi connectivity index (χ3v) is 4.64. The molecule has 0 radical (unpaired) electrons. The highest BCUT2D eigenvalue weighted by Gasteiger charge is 2.11. The van der Waals surface area contributed by atoms with Gasteiger partial charge in [0.2, 0.25) is 0 Å². The SMILES string of the molecule is CCOc1cc(CNCCCN2CCOCC2)cc(I)c1OC.Cl. The normalized spacial score (nSPS) is 15.0. The summed E-state index contributed by atoms with van der Waals surface area (Å²) >= 11 is 2.30. The monoisotopic (exact) mass is 470 g/mol. The zero-order valence-electron chi connectivity index (χ0n) is 14.5.